The van der Waals surface area contributed by atoms with E-state index >= 15 is 0 Å². The van der Waals surface area contributed by atoms with Gasteiger partial charge in [-0.1, -0.05) is 29.8 Å². The van der Waals surface area contributed by atoms with Gasteiger partial charge >= 0.3 is 15.5 Å². The summed E-state index contributed by atoms with van der Waals surface area (Å²) >= 11 is 0. The summed E-state index contributed by atoms with van der Waals surface area (Å²) in [4.78, 5) is 17.2. The molecule has 1 saturated carbocycles. The van der Waals surface area contributed by atoms with Gasteiger partial charge < -0.3 is 9.73 Å². The Kier molecular flexibility index (Phi) is 7.96. The van der Waals surface area contributed by atoms with E-state index in [2.05, 4.69) is 15.0 Å². The number of fused-ring (bicyclic) bond motifs is 1. The first-order valence-electron chi connectivity index (χ1n) is 12.1. The molecule has 3 N–H and O–H groups in total. The van der Waals surface area contributed by atoms with Gasteiger partial charge in [0.15, 0.2) is 0 Å². The van der Waals surface area contributed by atoms with Crippen molar-refractivity contribution in [2.45, 2.75) is 44.0 Å². The van der Waals surface area contributed by atoms with Crippen LogP contribution in [0.25, 0.3) is 22.4 Å². The number of amides is 1. The van der Waals surface area contributed by atoms with Crippen molar-refractivity contribution in [2.24, 2.45) is 0 Å². The number of nitrogens with zero attached hydrogens (tertiary/aromatic N) is 1. The summed E-state index contributed by atoms with van der Waals surface area (Å²) in [6.45, 7) is 1.36. The molecule has 0 bridgehead atoms. The molecule has 0 aliphatic heterocycles. The number of hydrogen-bond acceptors (Lipinski definition) is 7. The topological polar surface area (TPSA) is 147 Å². The number of halogens is 3. The highest BCUT2D eigenvalue weighted by Gasteiger charge is 2.45. The van der Waals surface area contributed by atoms with E-state index in [4.69, 9.17) is 4.42 Å². The molecule has 2 aromatic heterocycles. The average Bonchev–Trinajstić information content (AvgIpc) is 3.63. The first kappa shape index (κ1) is 28.8. The van der Waals surface area contributed by atoms with E-state index in [-0.39, 0.29) is 41.8 Å². The fourth-order valence-corrected chi connectivity index (χ4v) is 5.71. The Morgan fingerprint density at radius 2 is 1.77 bits per heavy atom. The van der Waals surface area contributed by atoms with Gasteiger partial charge in [-0.15, -0.1) is 0 Å². The Morgan fingerprint density at radius 3 is 2.36 bits per heavy atom. The Morgan fingerprint density at radius 1 is 1.10 bits per heavy atom. The highest BCUT2D eigenvalue weighted by Crippen LogP contribution is 2.45. The molecule has 4 rings (SSSR count). The van der Waals surface area contributed by atoms with Crippen LogP contribution >= 0.6 is 0 Å². The molecule has 1 amide bonds. The standard InChI is InChI=1S/C24H27F3N4O6S2/c1-14-5-7-16(8-6-14)20-19(22(32)28-2)18-13-17(15-9-10-15)21(30-23(18)37-20)31-38(33,34)12-4-3-11-29-39(35,36)24(25,26)27/h5-8,13,15,29H,3-4,9-12H2,1-2H3,(H,28,32)(H,30,31). The number of unbranched alkanes of at least 4 members (excludes halogenated alkanes) is 1. The van der Waals surface area contributed by atoms with E-state index in [0.717, 1.165) is 18.4 Å². The molecule has 0 atom stereocenters. The van der Waals surface area contributed by atoms with E-state index in [1.807, 2.05) is 19.1 Å². The number of hydrogen-bond donors (Lipinski definition) is 3. The molecule has 0 saturated heterocycles. The van der Waals surface area contributed by atoms with Crippen LogP contribution in [0.1, 0.15) is 53.1 Å². The molecule has 15 heteroatoms. The van der Waals surface area contributed by atoms with Gasteiger partial charge in [0, 0.05) is 19.2 Å². The minimum Gasteiger partial charge on any atom is -0.437 e. The minimum absolute atomic E-state index is 0.0339. The van der Waals surface area contributed by atoms with Gasteiger partial charge in [-0.2, -0.15) is 18.2 Å². The van der Waals surface area contributed by atoms with Gasteiger partial charge in [-0.3, -0.25) is 9.52 Å². The molecule has 10 nitrogen and oxygen atoms in total. The number of aryl methyl sites for hydroxylation is 1. The summed E-state index contributed by atoms with van der Waals surface area (Å²) in [6.07, 6.45) is 1.38. The zero-order valence-corrected chi connectivity index (χ0v) is 22.7. The second-order valence-corrected chi connectivity index (χ2v) is 12.9. The zero-order chi connectivity index (χ0) is 28.6. The number of alkyl halides is 3. The third kappa shape index (κ3) is 6.53. The summed E-state index contributed by atoms with van der Waals surface area (Å²) in [5.74, 6) is -0.481. The fourth-order valence-electron chi connectivity index (χ4n) is 3.99. The number of carbonyl (C=O) groups is 1. The lowest BCUT2D eigenvalue weighted by Crippen LogP contribution is -2.37. The molecular weight excluding hydrogens is 561 g/mol. The lowest BCUT2D eigenvalue weighted by Gasteiger charge is -2.12. The molecule has 1 aromatic carbocycles. The molecule has 2 heterocycles. The predicted octanol–water partition coefficient (Wildman–Crippen LogP) is 4.00. The van der Waals surface area contributed by atoms with Crippen LogP contribution in [0, 0.1) is 6.92 Å². The third-order valence-electron chi connectivity index (χ3n) is 6.19. The molecule has 0 spiro atoms. The van der Waals surface area contributed by atoms with E-state index in [0.29, 0.717) is 22.3 Å². The van der Waals surface area contributed by atoms with Crippen molar-refractivity contribution < 1.29 is 39.2 Å². The lowest BCUT2D eigenvalue weighted by molar-refractivity contribution is -0.0447. The smallest absolute Gasteiger partial charge is 0.437 e. The number of carbonyl (C=O) groups excluding carboxylic acids is 1. The van der Waals surface area contributed by atoms with Crippen molar-refractivity contribution in [1.29, 1.82) is 0 Å². The SMILES string of the molecule is CNC(=O)c1c(-c2ccc(C)cc2)oc2nc(NS(=O)(=O)CCCCNS(=O)(=O)C(F)(F)F)c(C3CC3)cc12. The number of aromatic nitrogens is 1. The number of nitrogens with one attached hydrogen (secondary N) is 3. The van der Waals surface area contributed by atoms with Crippen molar-refractivity contribution in [3.05, 3.63) is 47.0 Å². The Balaban J connectivity index is 1.58. The number of pyridine rings is 1. The summed E-state index contributed by atoms with van der Waals surface area (Å²) in [5.41, 5.74) is -2.83. The molecular formula is C24H27F3N4O6S2. The van der Waals surface area contributed by atoms with Crippen molar-refractivity contribution in [2.75, 3.05) is 24.1 Å². The fraction of sp³-hybridized carbons (Fsp3) is 0.417. The van der Waals surface area contributed by atoms with Crippen LogP contribution in [0.4, 0.5) is 19.0 Å². The molecule has 0 radical (unpaired) electrons. The van der Waals surface area contributed by atoms with E-state index in [1.165, 1.54) is 11.8 Å². The van der Waals surface area contributed by atoms with Crippen molar-refractivity contribution >= 4 is 42.9 Å². The second-order valence-electron chi connectivity index (χ2n) is 9.28. The minimum atomic E-state index is -5.49. The number of sulfonamides is 2. The van der Waals surface area contributed by atoms with Crippen LogP contribution in [0.5, 0.6) is 0 Å². The largest absolute Gasteiger partial charge is 0.511 e. The number of benzene rings is 1. The summed E-state index contributed by atoms with van der Waals surface area (Å²) in [7, 11) is -7.99. The van der Waals surface area contributed by atoms with Gasteiger partial charge in [0.05, 0.1) is 16.7 Å². The number of rotatable bonds is 11. The number of anilines is 1. The zero-order valence-electron chi connectivity index (χ0n) is 21.1. The van der Waals surface area contributed by atoms with Gasteiger partial charge in [-0.05, 0) is 50.2 Å². The maximum Gasteiger partial charge on any atom is 0.511 e. The summed E-state index contributed by atoms with van der Waals surface area (Å²) < 4.78 is 94.6. The van der Waals surface area contributed by atoms with Crippen LogP contribution in [0.2, 0.25) is 0 Å². The number of furan rings is 1. The quantitative estimate of drug-likeness (QED) is 0.287. The van der Waals surface area contributed by atoms with Crippen LogP contribution in [-0.2, 0) is 20.0 Å². The maximum atomic E-state index is 12.8. The first-order valence-corrected chi connectivity index (χ1v) is 15.2. The van der Waals surface area contributed by atoms with E-state index < -0.39 is 37.9 Å². The Bertz CT molecular complexity index is 1600. The van der Waals surface area contributed by atoms with Crippen LogP contribution in [-0.4, -0.2) is 52.6 Å². The normalized spacial score (nSPS) is 14.5. The maximum absolute atomic E-state index is 12.8. The van der Waals surface area contributed by atoms with Gasteiger partial charge in [0.25, 0.3) is 5.91 Å². The van der Waals surface area contributed by atoms with Crippen molar-refractivity contribution in [3.63, 3.8) is 0 Å². The molecule has 39 heavy (non-hydrogen) atoms. The third-order valence-corrected chi connectivity index (χ3v) is 8.71. The molecule has 1 aliphatic carbocycles. The average molecular weight is 589 g/mol. The highest BCUT2D eigenvalue weighted by molar-refractivity contribution is 7.92. The van der Waals surface area contributed by atoms with Gasteiger partial charge in [0.1, 0.15) is 11.6 Å². The first-order chi connectivity index (χ1) is 18.2. The van der Waals surface area contributed by atoms with Crippen LogP contribution < -0.4 is 14.8 Å². The van der Waals surface area contributed by atoms with Crippen LogP contribution in [0.15, 0.2) is 34.7 Å². The summed E-state index contributed by atoms with van der Waals surface area (Å²) in [6, 6.07) is 9.05. The van der Waals surface area contributed by atoms with Crippen molar-refractivity contribution in [1.82, 2.24) is 15.0 Å². The van der Waals surface area contributed by atoms with Crippen molar-refractivity contribution in [3.8, 4) is 11.3 Å². The molecule has 1 aliphatic rings. The molecule has 212 valence electrons. The predicted molar refractivity (Wildman–Crippen MR) is 139 cm³/mol. The lowest BCUT2D eigenvalue weighted by atomic mass is 10.0. The van der Waals surface area contributed by atoms with E-state index in [1.54, 1.807) is 18.2 Å². The molecule has 0 unspecified atom stereocenters. The molecule has 3 aromatic rings. The Labute approximate surface area is 223 Å². The van der Waals surface area contributed by atoms with E-state index in [9.17, 15) is 34.8 Å². The summed E-state index contributed by atoms with van der Waals surface area (Å²) in [5, 5.41) is 3.04. The van der Waals surface area contributed by atoms with Crippen LogP contribution in [0.3, 0.4) is 0 Å². The Hall–Kier alpha value is -3.17. The monoisotopic (exact) mass is 588 g/mol. The molecule has 1 fully saturated rings. The highest BCUT2D eigenvalue weighted by atomic mass is 32.2. The second kappa shape index (κ2) is 10.8. The van der Waals surface area contributed by atoms with Gasteiger partial charge in [0.2, 0.25) is 15.7 Å². The van der Waals surface area contributed by atoms with Gasteiger partial charge in [-0.25, -0.2) is 21.6 Å².